The van der Waals surface area contributed by atoms with Gasteiger partial charge in [-0.2, -0.15) is 0 Å². The van der Waals surface area contributed by atoms with Gasteiger partial charge < -0.3 is 15.0 Å². The van der Waals surface area contributed by atoms with Crippen molar-refractivity contribution >= 4 is 5.69 Å². The molecule has 2 N–H and O–H groups in total. The van der Waals surface area contributed by atoms with Crippen LogP contribution in [-0.2, 0) is 11.3 Å². The minimum Gasteiger partial charge on any atom is -0.398 e. The van der Waals surface area contributed by atoms with E-state index >= 15 is 0 Å². The Kier molecular flexibility index (Phi) is 4.61. The molecule has 1 aliphatic rings. The zero-order valence-electron chi connectivity index (χ0n) is 11.7. The van der Waals surface area contributed by atoms with Gasteiger partial charge in [0, 0.05) is 43.6 Å². The highest BCUT2D eigenvalue weighted by molar-refractivity contribution is 5.33. The zero-order valence-corrected chi connectivity index (χ0v) is 11.7. The van der Waals surface area contributed by atoms with Gasteiger partial charge in [0.25, 0.3) is 5.56 Å². The van der Waals surface area contributed by atoms with Crippen LogP contribution in [0, 0.1) is 0 Å². The van der Waals surface area contributed by atoms with Crippen LogP contribution in [-0.4, -0.2) is 41.3 Å². The fourth-order valence-corrected chi connectivity index (χ4v) is 2.45. The third kappa shape index (κ3) is 3.81. The third-order valence-corrected chi connectivity index (χ3v) is 3.59. The van der Waals surface area contributed by atoms with E-state index in [1.165, 1.54) is 6.07 Å². The molecule has 0 bridgehead atoms. The number of aromatic nitrogens is 1. The minimum atomic E-state index is 0.0117. The molecule has 0 saturated carbocycles. The first kappa shape index (κ1) is 14.1. The number of nitrogen functional groups attached to an aromatic ring is 1. The fourth-order valence-electron chi connectivity index (χ4n) is 2.45. The van der Waals surface area contributed by atoms with Gasteiger partial charge in [0.05, 0.1) is 12.7 Å². The van der Waals surface area contributed by atoms with Crippen molar-refractivity contribution in [2.24, 2.45) is 0 Å². The van der Waals surface area contributed by atoms with Gasteiger partial charge in [-0.3, -0.25) is 9.69 Å². The standard InChI is InChI=1S/C14H23N3O2/c1-11-10-19-12(2)8-16(11)6-3-7-17-9-13(15)4-5-14(17)18/h4-5,9,11-12H,3,6-8,10,15H2,1-2H3. The van der Waals surface area contributed by atoms with E-state index in [0.717, 1.165) is 26.1 Å². The number of pyridine rings is 1. The largest absolute Gasteiger partial charge is 0.398 e. The van der Waals surface area contributed by atoms with Crippen LogP contribution in [0.15, 0.2) is 23.1 Å². The molecule has 1 saturated heterocycles. The summed E-state index contributed by atoms with van der Waals surface area (Å²) >= 11 is 0. The number of morpholine rings is 1. The summed E-state index contributed by atoms with van der Waals surface area (Å²) < 4.78 is 7.29. The molecule has 2 atom stereocenters. The summed E-state index contributed by atoms with van der Waals surface area (Å²) in [5.41, 5.74) is 6.34. The Balaban J connectivity index is 1.86. The van der Waals surface area contributed by atoms with Gasteiger partial charge in [0.2, 0.25) is 0 Å². The smallest absolute Gasteiger partial charge is 0.250 e. The van der Waals surface area contributed by atoms with Crippen molar-refractivity contribution in [1.29, 1.82) is 0 Å². The van der Waals surface area contributed by atoms with Gasteiger partial charge in [0.1, 0.15) is 0 Å². The molecule has 2 heterocycles. The van der Waals surface area contributed by atoms with Crippen LogP contribution >= 0.6 is 0 Å². The average molecular weight is 265 g/mol. The van der Waals surface area contributed by atoms with Crippen molar-refractivity contribution in [3.05, 3.63) is 28.7 Å². The van der Waals surface area contributed by atoms with Crippen LogP contribution in [0.1, 0.15) is 20.3 Å². The van der Waals surface area contributed by atoms with Crippen LogP contribution in [0.2, 0.25) is 0 Å². The average Bonchev–Trinajstić information content (AvgIpc) is 2.38. The molecule has 1 aromatic rings. The van der Waals surface area contributed by atoms with E-state index in [2.05, 4.69) is 18.7 Å². The first-order chi connectivity index (χ1) is 9.06. The Labute approximate surface area is 114 Å². The Bertz CT molecular complexity index is 472. The van der Waals surface area contributed by atoms with Crippen molar-refractivity contribution in [2.75, 3.05) is 25.4 Å². The topological polar surface area (TPSA) is 60.5 Å². The lowest BCUT2D eigenvalue weighted by molar-refractivity contribution is -0.0497. The Morgan fingerprint density at radius 3 is 2.95 bits per heavy atom. The molecular weight excluding hydrogens is 242 g/mol. The molecule has 0 radical (unpaired) electrons. The number of ether oxygens (including phenoxy) is 1. The van der Waals surface area contributed by atoms with E-state index in [4.69, 9.17) is 10.5 Å². The first-order valence-corrected chi connectivity index (χ1v) is 6.88. The van der Waals surface area contributed by atoms with Crippen LogP contribution < -0.4 is 11.3 Å². The fraction of sp³-hybridized carbons (Fsp3) is 0.643. The molecule has 0 aliphatic carbocycles. The highest BCUT2D eigenvalue weighted by Crippen LogP contribution is 2.11. The lowest BCUT2D eigenvalue weighted by atomic mass is 10.2. The predicted octanol–water partition coefficient (Wildman–Crippen LogP) is 0.930. The Morgan fingerprint density at radius 1 is 1.37 bits per heavy atom. The van der Waals surface area contributed by atoms with Crippen LogP contribution in [0.5, 0.6) is 0 Å². The van der Waals surface area contributed by atoms with Crippen molar-refractivity contribution in [3.63, 3.8) is 0 Å². The number of rotatable bonds is 4. The molecule has 5 nitrogen and oxygen atoms in total. The van der Waals surface area contributed by atoms with Gasteiger partial charge >= 0.3 is 0 Å². The number of aryl methyl sites for hydroxylation is 1. The number of nitrogens with zero attached hydrogens (tertiary/aromatic N) is 2. The second-order valence-electron chi connectivity index (χ2n) is 5.34. The van der Waals surface area contributed by atoms with Gasteiger partial charge in [-0.15, -0.1) is 0 Å². The summed E-state index contributed by atoms with van der Waals surface area (Å²) in [4.78, 5) is 14.1. The summed E-state index contributed by atoms with van der Waals surface area (Å²) in [6.07, 6.45) is 2.96. The summed E-state index contributed by atoms with van der Waals surface area (Å²) in [6, 6.07) is 3.62. The molecule has 1 aliphatic heterocycles. The second-order valence-corrected chi connectivity index (χ2v) is 5.34. The van der Waals surface area contributed by atoms with Crippen LogP contribution in [0.25, 0.3) is 0 Å². The number of hydrogen-bond donors (Lipinski definition) is 1. The summed E-state index contributed by atoms with van der Waals surface area (Å²) in [5.74, 6) is 0. The van der Waals surface area contributed by atoms with E-state index in [-0.39, 0.29) is 5.56 Å². The molecule has 106 valence electrons. The van der Waals surface area contributed by atoms with E-state index in [1.807, 2.05) is 0 Å². The molecule has 5 heteroatoms. The maximum atomic E-state index is 11.6. The molecular formula is C14H23N3O2. The van der Waals surface area contributed by atoms with Crippen molar-refractivity contribution in [3.8, 4) is 0 Å². The van der Waals surface area contributed by atoms with Crippen LogP contribution in [0.4, 0.5) is 5.69 Å². The lowest BCUT2D eigenvalue weighted by Gasteiger charge is -2.36. The summed E-state index contributed by atoms with van der Waals surface area (Å²) in [7, 11) is 0. The third-order valence-electron chi connectivity index (χ3n) is 3.59. The highest BCUT2D eigenvalue weighted by Gasteiger charge is 2.22. The highest BCUT2D eigenvalue weighted by atomic mass is 16.5. The monoisotopic (exact) mass is 265 g/mol. The van der Waals surface area contributed by atoms with Gasteiger partial charge in [-0.25, -0.2) is 0 Å². The summed E-state index contributed by atoms with van der Waals surface area (Å²) in [6.45, 7) is 7.73. The maximum absolute atomic E-state index is 11.6. The normalized spacial score (nSPS) is 24.5. The Hall–Kier alpha value is -1.33. The molecule has 0 spiro atoms. The Morgan fingerprint density at radius 2 is 2.16 bits per heavy atom. The molecule has 1 fully saturated rings. The zero-order chi connectivity index (χ0) is 13.8. The van der Waals surface area contributed by atoms with Crippen LogP contribution in [0.3, 0.4) is 0 Å². The number of hydrogen-bond acceptors (Lipinski definition) is 4. The van der Waals surface area contributed by atoms with E-state index < -0.39 is 0 Å². The summed E-state index contributed by atoms with van der Waals surface area (Å²) in [5, 5.41) is 0. The molecule has 19 heavy (non-hydrogen) atoms. The quantitative estimate of drug-likeness (QED) is 0.880. The van der Waals surface area contributed by atoms with Gasteiger partial charge in [0.15, 0.2) is 0 Å². The molecule has 1 aromatic heterocycles. The second kappa shape index (κ2) is 6.21. The van der Waals surface area contributed by atoms with Gasteiger partial charge in [-0.05, 0) is 26.3 Å². The predicted molar refractivity (Wildman–Crippen MR) is 76.2 cm³/mol. The van der Waals surface area contributed by atoms with Gasteiger partial charge in [-0.1, -0.05) is 0 Å². The van der Waals surface area contributed by atoms with Crippen molar-refractivity contribution in [1.82, 2.24) is 9.47 Å². The van der Waals surface area contributed by atoms with Crippen molar-refractivity contribution < 1.29 is 4.74 Å². The van der Waals surface area contributed by atoms with E-state index in [9.17, 15) is 4.79 Å². The SMILES string of the molecule is CC1CN(CCCn2cc(N)ccc2=O)C(C)CO1. The minimum absolute atomic E-state index is 0.0117. The first-order valence-electron chi connectivity index (χ1n) is 6.88. The molecule has 2 rings (SSSR count). The number of anilines is 1. The van der Waals surface area contributed by atoms with E-state index in [1.54, 1.807) is 16.8 Å². The molecule has 2 unspecified atom stereocenters. The maximum Gasteiger partial charge on any atom is 0.250 e. The van der Waals surface area contributed by atoms with E-state index in [0.29, 0.717) is 24.4 Å². The molecule has 0 amide bonds. The number of nitrogens with two attached hydrogens (primary N) is 1. The van der Waals surface area contributed by atoms with Crippen molar-refractivity contribution in [2.45, 2.75) is 39.0 Å². The molecule has 0 aromatic carbocycles. The lowest BCUT2D eigenvalue weighted by Crippen LogP contribution is -2.47.